The van der Waals surface area contributed by atoms with Gasteiger partial charge < -0.3 is 0 Å². The van der Waals surface area contributed by atoms with Crippen molar-refractivity contribution in [2.24, 2.45) is 5.92 Å². The van der Waals surface area contributed by atoms with Crippen molar-refractivity contribution in [3.8, 4) is 0 Å². The van der Waals surface area contributed by atoms with Crippen LogP contribution in [0, 0.1) is 5.92 Å². The molecule has 2 rings (SSSR count). The van der Waals surface area contributed by atoms with Crippen LogP contribution in [0.3, 0.4) is 0 Å². The van der Waals surface area contributed by atoms with Crippen LogP contribution in [0.1, 0.15) is 18.4 Å². The summed E-state index contributed by atoms with van der Waals surface area (Å²) in [7, 11) is -1.67. The first-order valence-electron chi connectivity index (χ1n) is 6.15. The van der Waals surface area contributed by atoms with Crippen LogP contribution in [0.25, 0.3) is 0 Å². The van der Waals surface area contributed by atoms with E-state index in [1.165, 1.54) is 4.31 Å². The van der Waals surface area contributed by atoms with Gasteiger partial charge in [0.1, 0.15) is 0 Å². The number of rotatable bonds is 6. The summed E-state index contributed by atoms with van der Waals surface area (Å²) < 4.78 is 26.0. The third kappa shape index (κ3) is 3.25. The van der Waals surface area contributed by atoms with Gasteiger partial charge in [-0.3, -0.25) is 0 Å². The molecule has 0 unspecified atom stereocenters. The molecule has 1 fully saturated rings. The second-order valence-electron chi connectivity index (χ2n) is 4.81. The summed E-state index contributed by atoms with van der Waals surface area (Å²) in [4.78, 5) is 0.365. The number of benzene rings is 1. The van der Waals surface area contributed by atoms with E-state index in [0.717, 1.165) is 24.8 Å². The lowest BCUT2D eigenvalue weighted by molar-refractivity contribution is 0.453. The van der Waals surface area contributed by atoms with Crippen molar-refractivity contribution in [3.63, 3.8) is 0 Å². The zero-order valence-corrected chi connectivity index (χ0v) is 12.0. The third-order valence-electron chi connectivity index (χ3n) is 3.23. The van der Waals surface area contributed by atoms with Gasteiger partial charge in [0.15, 0.2) is 0 Å². The molecule has 18 heavy (non-hydrogen) atoms. The number of halogens is 1. The van der Waals surface area contributed by atoms with E-state index in [2.05, 4.69) is 0 Å². The number of hydrogen-bond acceptors (Lipinski definition) is 2. The Balaban J connectivity index is 2.12. The molecule has 0 atom stereocenters. The average Bonchev–Trinajstić information content (AvgIpc) is 3.14. The molecule has 0 amide bonds. The maximum absolute atomic E-state index is 12.3. The number of nitrogens with zero attached hydrogens (tertiary/aromatic N) is 1. The molecule has 0 saturated heterocycles. The Kier molecular flexibility index (Phi) is 4.30. The molecular weight excluding hydrogens is 270 g/mol. The molecule has 0 aromatic heterocycles. The molecule has 100 valence electrons. The van der Waals surface area contributed by atoms with E-state index in [0.29, 0.717) is 23.2 Å². The molecule has 5 heteroatoms. The Bertz CT molecular complexity index is 494. The highest BCUT2D eigenvalue weighted by atomic mass is 35.5. The van der Waals surface area contributed by atoms with Crippen LogP contribution in [0.4, 0.5) is 0 Å². The first-order valence-corrected chi connectivity index (χ1v) is 8.12. The third-order valence-corrected chi connectivity index (χ3v) is 5.25. The Labute approximate surface area is 114 Å². The van der Waals surface area contributed by atoms with E-state index in [1.54, 1.807) is 19.2 Å². The van der Waals surface area contributed by atoms with Gasteiger partial charge in [-0.1, -0.05) is 12.1 Å². The van der Waals surface area contributed by atoms with E-state index in [-0.39, 0.29) is 0 Å². The smallest absolute Gasteiger partial charge is 0.207 e. The number of alkyl halides is 1. The van der Waals surface area contributed by atoms with Crippen LogP contribution < -0.4 is 0 Å². The monoisotopic (exact) mass is 287 g/mol. The largest absolute Gasteiger partial charge is 0.242 e. The quantitative estimate of drug-likeness (QED) is 0.754. The lowest BCUT2D eigenvalue weighted by atomic mass is 10.2. The zero-order valence-electron chi connectivity index (χ0n) is 10.5. The second-order valence-corrected chi connectivity index (χ2v) is 7.23. The topological polar surface area (TPSA) is 37.4 Å². The van der Waals surface area contributed by atoms with Gasteiger partial charge in [0.2, 0.25) is 10.0 Å². The van der Waals surface area contributed by atoms with Crippen LogP contribution in [0.5, 0.6) is 0 Å². The van der Waals surface area contributed by atoms with Gasteiger partial charge in [-0.15, -0.1) is 11.6 Å². The van der Waals surface area contributed by atoms with Crippen LogP contribution in [0.2, 0.25) is 0 Å². The number of hydrogen-bond donors (Lipinski definition) is 0. The van der Waals surface area contributed by atoms with E-state index in [4.69, 9.17) is 11.6 Å². The van der Waals surface area contributed by atoms with Crippen LogP contribution in [-0.2, 0) is 16.4 Å². The van der Waals surface area contributed by atoms with E-state index in [9.17, 15) is 8.42 Å². The van der Waals surface area contributed by atoms with Crippen molar-refractivity contribution in [1.29, 1.82) is 0 Å². The van der Waals surface area contributed by atoms with E-state index >= 15 is 0 Å². The molecule has 3 nitrogen and oxygen atoms in total. The Hall–Kier alpha value is -0.580. The minimum absolute atomic E-state index is 0.365. The standard InChI is InChI=1S/C13H18ClNO2S/c1-15(10-12-2-3-12)18(16,17)13-6-4-11(5-7-13)8-9-14/h4-7,12H,2-3,8-10H2,1H3. The molecule has 0 N–H and O–H groups in total. The summed E-state index contributed by atoms with van der Waals surface area (Å²) in [6, 6.07) is 7.00. The molecule has 1 aromatic rings. The van der Waals surface area contributed by atoms with Crippen LogP contribution >= 0.6 is 11.6 Å². The summed E-state index contributed by atoms with van der Waals surface area (Å²) in [6.45, 7) is 0.631. The van der Waals surface area contributed by atoms with Gasteiger partial charge in [-0.2, -0.15) is 0 Å². The van der Waals surface area contributed by atoms with Gasteiger partial charge in [0.05, 0.1) is 4.90 Å². The van der Waals surface area contributed by atoms with Crippen molar-refractivity contribution >= 4 is 21.6 Å². The highest BCUT2D eigenvalue weighted by molar-refractivity contribution is 7.89. The fraction of sp³-hybridized carbons (Fsp3) is 0.538. The Morgan fingerprint density at radius 1 is 1.28 bits per heavy atom. The van der Waals surface area contributed by atoms with Crippen molar-refractivity contribution in [3.05, 3.63) is 29.8 Å². The van der Waals surface area contributed by atoms with Gasteiger partial charge in [-0.05, 0) is 42.9 Å². The first-order chi connectivity index (χ1) is 8.54. The number of aryl methyl sites for hydroxylation is 1. The van der Waals surface area contributed by atoms with Gasteiger partial charge in [0.25, 0.3) is 0 Å². The Morgan fingerprint density at radius 3 is 2.39 bits per heavy atom. The van der Waals surface area contributed by atoms with Crippen molar-refractivity contribution in [1.82, 2.24) is 4.31 Å². The fourth-order valence-electron chi connectivity index (χ4n) is 1.88. The normalized spacial score (nSPS) is 16.2. The van der Waals surface area contributed by atoms with Crippen molar-refractivity contribution in [2.45, 2.75) is 24.2 Å². The average molecular weight is 288 g/mol. The SMILES string of the molecule is CN(CC1CC1)S(=O)(=O)c1ccc(CCCl)cc1. The predicted octanol–water partition coefficient (Wildman–Crippen LogP) is 2.50. The Morgan fingerprint density at radius 2 is 1.89 bits per heavy atom. The van der Waals surface area contributed by atoms with Crippen molar-refractivity contribution in [2.75, 3.05) is 19.5 Å². The summed E-state index contributed by atoms with van der Waals surface area (Å²) in [5.41, 5.74) is 1.06. The number of sulfonamides is 1. The molecule has 0 radical (unpaired) electrons. The maximum atomic E-state index is 12.3. The molecule has 0 aliphatic heterocycles. The molecule has 1 aromatic carbocycles. The summed E-state index contributed by atoms with van der Waals surface area (Å²) in [5, 5.41) is 0. The van der Waals surface area contributed by atoms with Crippen LogP contribution in [0.15, 0.2) is 29.2 Å². The molecule has 0 heterocycles. The van der Waals surface area contributed by atoms with Crippen molar-refractivity contribution < 1.29 is 8.42 Å². The lowest BCUT2D eigenvalue weighted by Crippen LogP contribution is -2.28. The van der Waals surface area contributed by atoms with Gasteiger partial charge in [0, 0.05) is 19.5 Å². The molecule has 0 bridgehead atoms. The highest BCUT2D eigenvalue weighted by Gasteiger charge is 2.28. The lowest BCUT2D eigenvalue weighted by Gasteiger charge is -2.17. The molecule has 1 saturated carbocycles. The molecule has 1 aliphatic carbocycles. The zero-order chi connectivity index (χ0) is 13.2. The first kappa shape index (κ1) is 13.8. The van der Waals surface area contributed by atoms with Gasteiger partial charge >= 0.3 is 0 Å². The van der Waals surface area contributed by atoms with Gasteiger partial charge in [-0.25, -0.2) is 12.7 Å². The fourth-order valence-corrected chi connectivity index (χ4v) is 3.34. The summed E-state index contributed by atoms with van der Waals surface area (Å²) in [6.07, 6.45) is 3.06. The highest BCUT2D eigenvalue weighted by Crippen LogP contribution is 2.30. The van der Waals surface area contributed by atoms with E-state index in [1.807, 2.05) is 12.1 Å². The van der Waals surface area contributed by atoms with E-state index < -0.39 is 10.0 Å². The minimum atomic E-state index is -3.33. The van der Waals surface area contributed by atoms with Crippen LogP contribution in [-0.4, -0.2) is 32.2 Å². The molecule has 0 spiro atoms. The summed E-state index contributed by atoms with van der Waals surface area (Å²) in [5.74, 6) is 1.11. The second kappa shape index (κ2) is 5.59. The molecular formula is C13H18ClNO2S. The predicted molar refractivity (Wildman–Crippen MR) is 73.4 cm³/mol. The maximum Gasteiger partial charge on any atom is 0.242 e. The molecule has 1 aliphatic rings. The minimum Gasteiger partial charge on any atom is -0.207 e. The summed E-state index contributed by atoms with van der Waals surface area (Å²) >= 11 is 5.65.